The van der Waals surface area contributed by atoms with Gasteiger partial charge in [0, 0.05) is 116 Å². The minimum Gasteiger partial charge on any atom is -0.467 e. The summed E-state index contributed by atoms with van der Waals surface area (Å²) in [4.78, 5) is 58.7. The number of methoxy groups -OCH3 is 1. The first-order valence-corrected chi connectivity index (χ1v) is 29.5. The SMILES string of the molecule is CO[C@@H](C)c1ncc(C#C[C@@H](C)N2CCN(C3CC3)CC2)cc1-c1c(CC(C)(C)COC=O)c2cc(-c3csc([C@H]([C@H](NC(=O)[C@@H]4[C@@H](C)[C@H]4c4ccc(F)cc4)C(=O)N4NCC5CC4C5)N4CCOCC4)n3)ccc2n1CC(F)(F)F. The smallest absolute Gasteiger partial charge is 0.406 e. The monoisotopic (exact) mass is 1140 g/mol. The highest BCUT2D eigenvalue weighted by atomic mass is 32.1. The van der Waals surface area contributed by atoms with Gasteiger partial charge in [-0.25, -0.2) is 14.8 Å². The van der Waals surface area contributed by atoms with Crippen LogP contribution in [-0.4, -0.2) is 156 Å². The summed E-state index contributed by atoms with van der Waals surface area (Å²) >= 11 is 1.35. The molecule has 15 nitrogen and oxygen atoms in total. The highest BCUT2D eigenvalue weighted by molar-refractivity contribution is 7.10. The summed E-state index contributed by atoms with van der Waals surface area (Å²) in [6.45, 7) is 14.9. The van der Waals surface area contributed by atoms with Gasteiger partial charge in [0.1, 0.15) is 23.4 Å². The van der Waals surface area contributed by atoms with Crippen LogP contribution in [0.5, 0.6) is 0 Å². The van der Waals surface area contributed by atoms with E-state index in [4.69, 9.17) is 24.2 Å². The fraction of sp³-hybridized carbons (Fsp3) is 0.557. The van der Waals surface area contributed by atoms with Gasteiger partial charge in [0.05, 0.1) is 55.1 Å². The fourth-order valence-electron chi connectivity index (χ4n) is 12.9. The second-order valence-electron chi connectivity index (χ2n) is 24.0. The van der Waals surface area contributed by atoms with Gasteiger partial charge in [0.2, 0.25) is 5.91 Å². The number of amides is 2. The predicted molar refractivity (Wildman–Crippen MR) is 300 cm³/mol. The van der Waals surface area contributed by atoms with Crippen molar-refractivity contribution < 1.29 is 46.2 Å². The lowest BCUT2D eigenvalue weighted by Gasteiger charge is -2.50. The number of pyridine rings is 1. The summed E-state index contributed by atoms with van der Waals surface area (Å²) in [5.41, 5.74) is 7.26. The number of hydrogen-bond donors (Lipinski definition) is 2. The first-order chi connectivity index (χ1) is 38.9. The Balaban J connectivity index is 0.996. The van der Waals surface area contributed by atoms with Crippen molar-refractivity contribution >= 4 is 40.5 Å². The lowest BCUT2D eigenvalue weighted by molar-refractivity contribution is -0.154. The Kier molecular flexibility index (Phi) is 16.5. The summed E-state index contributed by atoms with van der Waals surface area (Å²) in [7, 11) is 1.54. The van der Waals surface area contributed by atoms with E-state index in [1.165, 1.54) is 48.0 Å². The van der Waals surface area contributed by atoms with Crippen LogP contribution in [0.4, 0.5) is 17.6 Å². The lowest BCUT2D eigenvalue weighted by Crippen LogP contribution is -2.67. The summed E-state index contributed by atoms with van der Waals surface area (Å²) < 4.78 is 77.9. The van der Waals surface area contributed by atoms with Crippen LogP contribution < -0.4 is 10.7 Å². The van der Waals surface area contributed by atoms with Crippen molar-refractivity contribution in [2.75, 3.05) is 72.7 Å². The number of carbonyl (C=O) groups excluding carboxylic acids is 3. The number of hydrogen-bond acceptors (Lipinski definition) is 13. The molecule has 12 rings (SSSR count). The number of thiazole rings is 1. The van der Waals surface area contributed by atoms with Crippen LogP contribution >= 0.6 is 11.3 Å². The van der Waals surface area contributed by atoms with Crippen molar-refractivity contribution in [3.63, 3.8) is 0 Å². The molecule has 7 fully saturated rings. The molecule has 7 aliphatic rings. The maximum Gasteiger partial charge on any atom is 0.406 e. The molecule has 4 aliphatic heterocycles. The number of nitrogens with one attached hydrogen (secondary N) is 2. The molecule has 432 valence electrons. The van der Waals surface area contributed by atoms with Gasteiger partial charge in [-0.2, -0.15) is 13.2 Å². The maximum absolute atomic E-state index is 15.2. The molecular weight excluding hydrogens is 1060 g/mol. The quantitative estimate of drug-likeness (QED) is 0.0465. The number of morpholine rings is 1. The van der Waals surface area contributed by atoms with E-state index in [-0.39, 0.29) is 54.6 Å². The molecule has 5 aromatic rings. The Bertz CT molecular complexity index is 3170. The van der Waals surface area contributed by atoms with Crippen molar-refractivity contribution in [1.29, 1.82) is 0 Å². The molecule has 3 aliphatic carbocycles. The first-order valence-electron chi connectivity index (χ1n) is 28.6. The molecule has 0 unspecified atom stereocenters. The highest BCUT2D eigenvalue weighted by Crippen LogP contribution is 2.54. The minimum atomic E-state index is -4.64. The van der Waals surface area contributed by atoms with Gasteiger partial charge in [-0.1, -0.05) is 50.8 Å². The largest absolute Gasteiger partial charge is 0.467 e. The Labute approximate surface area is 475 Å². The molecule has 20 heteroatoms. The number of benzene rings is 2. The Morgan fingerprint density at radius 1 is 0.988 bits per heavy atom. The van der Waals surface area contributed by atoms with Crippen molar-refractivity contribution in [1.82, 2.24) is 45.0 Å². The number of rotatable bonds is 19. The van der Waals surface area contributed by atoms with Gasteiger partial charge in [-0.05, 0) is 105 Å². The molecule has 4 saturated heterocycles. The predicted octanol–water partition coefficient (Wildman–Crippen LogP) is 8.53. The first kappa shape index (κ1) is 57.0. The van der Waals surface area contributed by atoms with Gasteiger partial charge in [-0.3, -0.25) is 39.1 Å². The van der Waals surface area contributed by atoms with E-state index in [0.29, 0.717) is 107 Å². The second kappa shape index (κ2) is 23.5. The van der Waals surface area contributed by atoms with Crippen molar-refractivity contribution in [3.05, 3.63) is 93.3 Å². The average molecular weight is 1140 g/mol. The molecule has 2 aromatic carbocycles. The number of hydrazine groups is 1. The summed E-state index contributed by atoms with van der Waals surface area (Å²) in [5.74, 6) is 5.71. The van der Waals surface area contributed by atoms with Crippen LogP contribution in [0.3, 0.4) is 0 Å². The Morgan fingerprint density at radius 2 is 1.73 bits per heavy atom. The van der Waals surface area contributed by atoms with Gasteiger partial charge in [0.25, 0.3) is 12.4 Å². The summed E-state index contributed by atoms with van der Waals surface area (Å²) in [6.07, 6.45) is 0.845. The van der Waals surface area contributed by atoms with Crippen LogP contribution in [0.15, 0.2) is 60.1 Å². The van der Waals surface area contributed by atoms with E-state index in [0.717, 1.165) is 44.6 Å². The fourth-order valence-corrected chi connectivity index (χ4v) is 13.9. The second-order valence-corrected chi connectivity index (χ2v) is 24.9. The molecule has 2 amide bonds. The van der Waals surface area contributed by atoms with Crippen molar-refractivity contribution in [2.24, 2.45) is 23.2 Å². The molecule has 2 bridgehead atoms. The zero-order chi connectivity index (χ0) is 56.9. The van der Waals surface area contributed by atoms with Crippen LogP contribution in [-0.2, 0) is 41.6 Å². The van der Waals surface area contributed by atoms with Crippen LogP contribution in [0.25, 0.3) is 33.4 Å². The normalized spacial score (nSPS) is 24.1. The lowest BCUT2D eigenvalue weighted by atomic mass is 9.78. The van der Waals surface area contributed by atoms with E-state index in [1.54, 1.807) is 35.5 Å². The molecule has 3 aromatic heterocycles. The number of ether oxygens (including phenoxy) is 3. The molecule has 7 heterocycles. The van der Waals surface area contributed by atoms with Crippen LogP contribution in [0.2, 0.25) is 0 Å². The molecule has 81 heavy (non-hydrogen) atoms. The van der Waals surface area contributed by atoms with E-state index < -0.39 is 42.2 Å². The number of aromatic nitrogens is 3. The van der Waals surface area contributed by atoms with E-state index in [1.807, 2.05) is 45.2 Å². The number of alkyl halides is 3. The standard InChI is InChI=1S/C61H73F4N9O6S/c1-36(70-17-19-71(20-18-70)44-14-15-44)7-8-39-27-47(53(66-30-39)38(3)78-6)55-48(29-60(4,5)34-80-35-75)46-28-42(11-16-50(46)73(55)33-61(63,64)65)49-32-81-58(68-49)56(72-21-23-79-24-22-72)54(59(77)74-45-25-40(26-45)31-67-74)69-57(76)52-37(2)51(52)41-9-12-43(62)13-10-41/h9-13,16,27-28,30,32,35-38,40,44-45,51-52,54,56,67H,14-15,17-26,29,31,33-34H2,1-6H3,(H,69,76)/t36-,37+,38+,40?,45?,51+,52-,54+,56+/m1/s1. The molecule has 7 atom stereocenters. The third-order valence-corrected chi connectivity index (χ3v) is 18.6. The molecule has 0 spiro atoms. The molecule has 0 radical (unpaired) electrons. The number of piperazine rings is 1. The topological polar surface area (TPSA) is 147 Å². The van der Waals surface area contributed by atoms with Crippen LogP contribution in [0, 0.1) is 40.8 Å². The summed E-state index contributed by atoms with van der Waals surface area (Å²) in [6, 6.07) is 12.2. The third-order valence-electron chi connectivity index (χ3n) is 17.7. The molecule has 2 N–H and O–H groups in total. The molecular formula is C61H73F4N9O6S. The number of halogens is 4. The number of fused-ring (bicyclic) bond motifs is 3. The van der Waals surface area contributed by atoms with Gasteiger partial charge >= 0.3 is 6.18 Å². The third kappa shape index (κ3) is 12.3. The van der Waals surface area contributed by atoms with Crippen molar-refractivity contribution in [2.45, 2.75) is 122 Å². The number of nitrogens with zero attached hydrogens (tertiary/aromatic N) is 7. The highest BCUT2D eigenvalue weighted by Gasteiger charge is 2.54. The average Bonchev–Trinajstić information content (AvgIpc) is 3.66. The Morgan fingerprint density at radius 3 is 2.40 bits per heavy atom. The number of carbonyl (C=O) groups is 3. The van der Waals surface area contributed by atoms with Gasteiger partial charge in [0.15, 0.2) is 0 Å². The van der Waals surface area contributed by atoms with E-state index in [9.17, 15) is 14.0 Å². The Hall–Kier alpha value is -5.79. The van der Waals surface area contributed by atoms with Crippen LogP contribution in [0.1, 0.15) is 106 Å². The van der Waals surface area contributed by atoms with Gasteiger partial charge in [-0.15, -0.1) is 11.3 Å². The zero-order valence-electron chi connectivity index (χ0n) is 46.9. The van der Waals surface area contributed by atoms with E-state index >= 15 is 18.0 Å². The van der Waals surface area contributed by atoms with Crippen molar-refractivity contribution in [3.8, 4) is 34.4 Å². The zero-order valence-corrected chi connectivity index (χ0v) is 47.8. The summed E-state index contributed by atoms with van der Waals surface area (Å²) in [5, 5.41) is 7.97. The maximum atomic E-state index is 15.2. The minimum absolute atomic E-state index is 0.00486. The van der Waals surface area contributed by atoms with E-state index in [2.05, 4.69) is 44.2 Å². The van der Waals surface area contributed by atoms with Gasteiger partial charge < -0.3 is 24.1 Å². The molecule has 3 saturated carbocycles.